The second kappa shape index (κ2) is 11.7. The van der Waals surface area contributed by atoms with Crippen LogP contribution in [0.25, 0.3) is 0 Å². The minimum Gasteiger partial charge on any atom is -0.387 e. The van der Waals surface area contributed by atoms with Crippen molar-refractivity contribution in [3.05, 3.63) is 29.3 Å². The molecule has 8 heteroatoms. The van der Waals surface area contributed by atoms with E-state index in [1.54, 1.807) is 23.5 Å². The maximum atomic E-state index is 10.4. The molecule has 1 aliphatic rings. The number of halogens is 2. The largest absolute Gasteiger partial charge is 0.387 e. The molecule has 0 aromatic heterocycles. The standard InChI is InChI=1S/C16H24ClN3OS2.HI/c1-2-18-15(20-11-16(21)7-9-22-12-16)19-8-10-23-14-5-3-13(17)4-6-14;/h3-6,21H,2,7-12H2,1H3,(H2,18,19,20);1H. The number of rotatable bonds is 7. The van der Waals surface area contributed by atoms with Crippen molar-refractivity contribution in [3.63, 3.8) is 0 Å². The maximum Gasteiger partial charge on any atom is 0.191 e. The van der Waals surface area contributed by atoms with Crippen molar-refractivity contribution in [2.75, 3.05) is 36.9 Å². The van der Waals surface area contributed by atoms with E-state index in [4.69, 9.17) is 11.6 Å². The van der Waals surface area contributed by atoms with E-state index in [1.807, 2.05) is 31.2 Å². The van der Waals surface area contributed by atoms with Gasteiger partial charge in [0, 0.05) is 34.5 Å². The Hall–Kier alpha value is 0.170. The van der Waals surface area contributed by atoms with Gasteiger partial charge in [0.1, 0.15) is 0 Å². The predicted octanol–water partition coefficient (Wildman–Crippen LogP) is 3.47. The Morgan fingerprint density at radius 1 is 1.38 bits per heavy atom. The van der Waals surface area contributed by atoms with Crippen LogP contribution in [0.5, 0.6) is 0 Å². The molecule has 0 aliphatic carbocycles. The van der Waals surface area contributed by atoms with E-state index in [1.165, 1.54) is 4.90 Å². The fraction of sp³-hybridized carbons (Fsp3) is 0.562. The van der Waals surface area contributed by atoms with Crippen LogP contribution in [0.15, 0.2) is 34.2 Å². The number of aliphatic imine (C=N–C) groups is 1. The number of nitrogens with one attached hydrogen (secondary N) is 2. The Labute approximate surface area is 175 Å². The molecule has 1 aliphatic heterocycles. The number of guanidine groups is 1. The second-order valence-corrected chi connectivity index (χ2v) is 8.16. The van der Waals surface area contributed by atoms with Gasteiger partial charge in [-0.3, -0.25) is 4.99 Å². The molecule has 3 N–H and O–H groups in total. The summed E-state index contributed by atoms with van der Waals surface area (Å²) in [6.45, 7) is 4.12. The Kier molecular flexibility index (Phi) is 10.8. The van der Waals surface area contributed by atoms with Crippen LogP contribution < -0.4 is 10.6 Å². The van der Waals surface area contributed by atoms with Gasteiger partial charge in [0.05, 0.1) is 12.1 Å². The number of aliphatic hydroxyl groups is 1. The van der Waals surface area contributed by atoms with Crippen LogP contribution in [-0.2, 0) is 0 Å². The molecule has 1 aromatic carbocycles. The lowest BCUT2D eigenvalue weighted by Gasteiger charge is -2.19. The highest BCUT2D eigenvalue weighted by molar-refractivity contribution is 14.0. The minimum absolute atomic E-state index is 0. The average Bonchev–Trinajstić information content (AvgIpc) is 2.98. The molecule has 2 rings (SSSR count). The molecule has 0 spiro atoms. The van der Waals surface area contributed by atoms with Crippen LogP contribution in [0, 0.1) is 0 Å². The summed E-state index contributed by atoms with van der Waals surface area (Å²) in [5, 5.41) is 17.7. The maximum absolute atomic E-state index is 10.4. The van der Waals surface area contributed by atoms with Gasteiger partial charge in [-0.25, -0.2) is 0 Å². The fourth-order valence-corrected chi connectivity index (χ4v) is 4.34. The predicted molar refractivity (Wildman–Crippen MR) is 118 cm³/mol. The summed E-state index contributed by atoms with van der Waals surface area (Å²) < 4.78 is 0. The molecular weight excluding hydrogens is 477 g/mol. The van der Waals surface area contributed by atoms with Gasteiger partial charge in [0.15, 0.2) is 5.96 Å². The van der Waals surface area contributed by atoms with E-state index in [0.717, 1.165) is 47.8 Å². The molecule has 1 aromatic rings. The lowest BCUT2D eigenvalue weighted by molar-refractivity contribution is 0.0778. The number of benzene rings is 1. The molecule has 0 bridgehead atoms. The van der Waals surface area contributed by atoms with Crippen molar-refractivity contribution < 1.29 is 5.11 Å². The first-order valence-corrected chi connectivity index (χ1v) is 10.3. The SMILES string of the molecule is CCNC(=NCC1(O)CCSC1)NCCSc1ccc(Cl)cc1.I. The van der Waals surface area contributed by atoms with E-state index < -0.39 is 5.60 Å². The van der Waals surface area contributed by atoms with Crippen molar-refractivity contribution in [2.45, 2.75) is 23.8 Å². The van der Waals surface area contributed by atoms with Crippen LogP contribution >= 0.6 is 59.1 Å². The summed E-state index contributed by atoms with van der Waals surface area (Å²) in [4.78, 5) is 5.73. The molecule has 136 valence electrons. The first-order valence-electron chi connectivity index (χ1n) is 7.82. The molecule has 0 saturated carbocycles. The van der Waals surface area contributed by atoms with Crippen molar-refractivity contribution in [1.29, 1.82) is 0 Å². The van der Waals surface area contributed by atoms with Crippen LogP contribution in [0.3, 0.4) is 0 Å². The van der Waals surface area contributed by atoms with Gasteiger partial charge < -0.3 is 15.7 Å². The quantitative estimate of drug-likeness (QED) is 0.176. The van der Waals surface area contributed by atoms with Crippen LogP contribution in [0.1, 0.15) is 13.3 Å². The summed E-state index contributed by atoms with van der Waals surface area (Å²) in [5.41, 5.74) is -0.634. The normalized spacial score (nSPS) is 20.5. The zero-order valence-corrected chi connectivity index (χ0v) is 18.5. The topological polar surface area (TPSA) is 56.7 Å². The molecule has 4 nitrogen and oxygen atoms in total. The smallest absolute Gasteiger partial charge is 0.191 e. The highest BCUT2D eigenvalue weighted by Crippen LogP contribution is 2.27. The molecule has 24 heavy (non-hydrogen) atoms. The molecule has 1 unspecified atom stereocenters. The summed E-state index contributed by atoms with van der Waals surface area (Å²) in [7, 11) is 0. The molecule has 0 amide bonds. The van der Waals surface area contributed by atoms with Crippen molar-refractivity contribution in [3.8, 4) is 0 Å². The number of hydrogen-bond donors (Lipinski definition) is 3. The lowest BCUT2D eigenvalue weighted by Crippen LogP contribution is -2.41. The monoisotopic (exact) mass is 501 g/mol. The van der Waals surface area contributed by atoms with Crippen LogP contribution in [0.4, 0.5) is 0 Å². The van der Waals surface area contributed by atoms with Crippen molar-refractivity contribution in [2.24, 2.45) is 4.99 Å². The first-order chi connectivity index (χ1) is 11.1. The van der Waals surface area contributed by atoms with E-state index in [-0.39, 0.29) is 24.0 Å². The van der Waals surface area contributed by atoms with E-state index >= 15 is 0 Å². The minimum atomic E-state index is -0.634. The highest BCUT2D eigenvalue weighted by Gasteiger charge is 2.31. The summed E-state index contributed by atoms with van der Waals surface area (Å²) >= 11 is 9.45. The Morgan fingerprint density at radius 3 is 2.75 bits per heavy atom. The third-order valence-electron chi connectivity index (χ3n) is 3.44. The van der Waals surface area contributed by atoms with Gasteiger partial charge in [0.25, 0.3) is 0 Å². The zero-order valence-electron chi connectivity index (χ0n) is 13.8. The molecule has 1 atom stereocenters. The molecular formula is C16H25ClIN3OS2. The molecule has 1 fully saturated rings. The van der Waals surface area contributed by atoms with Gasteiger partial charge in [-0.05, 0) is 43.4 Å². The van der Waals surface area contributed by atoms with Crippen molar-refractivity contribution >= 4 is 65.1 Å². The molecule has 1 saturated heterocycles. The average molecular weight is 502 g/mol. The lowest BCUT2D eigenvalue weighted by atomic mass is 10.1. The number of nitrogens with zero attached hydrogens (tertiary/aromatic N) is 1. The van der Waals surface area contributed by atoms with Gasteiger partial charge in [-0.1, -0.05) is 11.6 Å². The van der Waals surface area contributed by atoms with Gasteiger partial charge in [-0.2, -0.15) is 11.8 Å². The van der Waals surface area contributed by atoms with Crippen LogP contribution in [0.2, 0.25) is 5.02 Å². The molecule has 1 heterocycles. The second-order valence-electron chi connectivity index (χ2n) is 5.45. The summed E-state index contributed by atoms with van der Waals surface area (Å²) in [6.07, 6.45) is 0.826. The van der Waals surface area contributed by atoms with E-state index in [2.05, 4.69) is 15.6 Å². The summed E-state index contributed by atoms with van der Waals surface area (Å²) in [6, 6.07) is 7.87. The number of hydrogen-bond acceptors (Lipinski definition) is 4. The molecule has 0 radical (unpaired) electrons. The van der Waals surface area contributed by atoms with Gasteiger partial charge in [-0.15, -0.1) is 35.7 Å². The van der Waals surface area contributed by atoms with Gasteiger partial charge in [0.2, 0.25) is 0 Å². The van der Waals surface area contributed by atoms with E-state index in [9.17, 15) is 5.11 Å². The Morgan fingerprint density at radius 2 is 2.12 bits per heavy atom. The fourth-order valence-electron chi connectivity index (χ4n) is 2.16. The number of thioether (sulfide) groups is 2. The Bertz CT molecular complexity index is 511. The van der Waals surface area contributed by atoms with E-state index in [0.29, 0.717) is 6.54 Å². The third kappa shape index (κ3) is 8.03. The highest BCUT2D eigenvalue weighted by atomic mass is 127. The van der Waals surface area contributed by atoms with Crippen molar-refractivity contribution in [1.82, 2.24) is 10.6 Å². The zero-order chi connectivity index (χ0) is 16.5. The third-order valence-corrected chi connectivity index (χ3v) is 5.94. The van der Waals surface area contributed by atoms with Gasteiger partial charge >= 0.3 is 0 Å². The summed E-state index contributed by atoms with van der Waals surface area (Å²) in [5.74, 6) is 3.51. The van der Waals surface area contributed by atoms with Crippen LogP contribution in [-0.4, -0.2) is 53.6 Å². The first kappa shape index (κ1) is 22.2. The Balaban J connectivity index is 0.00000288.